The largest absolute Gasteiger partial charge is 0.324 e. The molecule has 2 rings (SSSR count). The molecule has 0 radical (unpaired) electrons. The molecule has 0 aliphatic rings. The molecule has 0 aliphatic heterocycles. The second-order valence-corrected chi connectivity index (χ2v) is 7.01. The van der Waals surface area contributed by atoms with Gasteiger partial charge in [-0.15, -0.1) is 0 Å². The van der Waals surface area contributed by atoms with Crippen molar-refractivity contribution in [1.29, 1.82) is 0 Å². The van der Waals surface area contributed by atoms with Crippen LogP contribution in [0.2, 0.25) is 0 Å². The molecule has 7 nitrogen and oxygen atoms in total. The van der Waals surface area contributed by atoms with Crippen LogP contribution in [0, 0.1) is 10.1 Å². The lowest BCUT2D eigenvalue weighted by atomic mass is 9.99. The Morgan fingerprint density at radius 3 is 2.46 bits per heavy atom. The average Bonchev–Trinajstić information content (AvgIpc) is 2.55. The fraction of sp³-hybridized carbons (Fsp3) is 0.250. The Labute approximate surface area is 140 Å². The van der Waals surface area contributed by atoms with Crippen LogP contribution in [0.25, 0.3) is 0 Å². The number of hydrogen-bond donors (Lipinski definition) is 2. The van der Waals surface area contributed by atoms with E-state index in [0.29, 0.717) is 5.56 Å². The molecule has 0 aromatic heterocycles. The molecule has 0 saturated heterocycles. The molecule has 0 bridgehead atoms. The maximum atomic E-state index is 12.3. The summed E-state index contributed by atoms with van der Waals surface area (Å²) in [4.78, 5) is 10.5. The van der Waals surface area contributed by atoms with E-state index in [1.54, 1.807) is 6.92 Å². The van der Waals surface area contributed by atoms with Gasteiger partial charge in [0.1, 0.15) is 0 Å². The first-order valence-corrected chi connectivity index (χ1v) is 8.91. The van der Waals surface area contributed by atoms with Gasteiger partial charge in [0.2, 0.25) is 10.0 Å². The van der Waals surface area contributed by atoms with Crippen LogP contribution < -0.4 is 10.5 Å². The first-order chi connectivity index (χ1) is 11.3. The summed E-state index contributed by atoms with van der Waals surface area (Å²) in [7, 11) is -3.74. The Morgan fingerprint density at radius 2 is 1.88 bits per heavy atom. The third-order valence-electron chi connectivity index (χ3n) is 3.55. The molecule has 2 aromatic rings. The van der Waals surface area contributed by atoms with E-state index in [9.17, 15) is 18.5 Å². The van der Waals surface area contributed by atoms with Crippen LogP contribution in [-0.2, 0) is 16.4 Å². The number of benzene rings is 2. The third-order valence-corrected chi connectivity index (χ3v) is 5.19. The molecule has 2 aromatic carbocycles. The predicted molar refractivity (Wildman–Crippen MR) is 91.0 cm³/mol. The van der Waals surface area contributed by atoms with Crippen LogP contribution in [0.5, 0.6) is 0 Å². The van der Waals surface area contributed by atoms with Gasteiger partial charge in [-0.1, -0.05) is 37.3 Å². The zero-order chi connectivity index (χ0) is 17.7. The molecule has 3 N–H and O–H groups in total. The van der Waals surface area contributed by atoms with Gasteiger partial charge in [-0.25, -0.2) is 13.1 Å². The third kappa shape index (κ3) is 4.16. The monoisotopic (exact) mass is 349 g/mol. The average molecular weight is 349 g/mol. The van der Waals surface area contributed by atoms with Crippen molar-refractivity contribution in [3.8, 4) is 0 Å². The number of nitrogens with two attached hydrogens (primary N) is 1. The second kappa shape index (κ2) is 7.52. The highest BCUT2D eigenvalue weighted by atomic mass is 32.2. The molecule has 0 spiro atoms. The number of nitrogens with one attached hydrogen (secondary N) is 1. The van der Waals surface area contributed by atoms with Gasteiger partial charge in [0, 0.05) is 24.7 Å². The zero-order valence-corrected chi connectivity index (χ0v) is 14.0. The Bertz CT molecular complexity index is 822. The van der Waals surface area contributed by atoms with Gasteiger partial charge in [-0.05, 0) is 23.6 Å². The number of rotatable bonds is 7. The van der Waals surface area contributed by atoms with Crippen LogP contribution in [-0.4, -0.2) is 19.9 Å². The lowest BCUT2D eigenvalue weighted by Gasteiger charge is -2.15. The van der Waals surface area contributed by atoms with E-state index >= 15 is 0 Å². The molecular formula is C16H19N3O4S. The normalized spacial score (nSPS) is 12.8. The molecule has 0 aliphatic carbocycles. The van der Waals surface area contributed by atoms with Crippen LogP contribution >= 0.6 is 0 Å². The van der Waals surface area contributed by atoms with Gasteiger partial charge >= 0.3 is 0 Å². The van der Waals surface area contributed by atoms with Gasteiger partial charge in [-0.3, -0.25) is 10.1 Å². The SMILES string of the molecule is CCNS(=O)(=O)c1ccc([N+](=O)[O-])cc1C[C@H](N)c1ccccc1. The van der Waals surface area contributed by atoms with Crippen molar-refractivity contribution in [3.63, 3.8) is 0 Å². The Balaban J connectivity index is 2.45. The number of sulfonamides is 1. The molecule has 0 saturated carbocycles. The number of non-ortho nitro benzene ring substituents is 1. The summed E-state index contributed by atoms with van der Waals surface area (Å²) >= 11 is 0. The summed E-state index contributed by atoms with van der Waals surface area (Å²) in [6, 6.07) is 12.4. The first-order valence-electron chi connectivity index (χ1n) is 7.42. The quantitative estimate of drug-likeness (QED) is 0.587. The highest BCUT2D eigenvalue weighted by Gasteiger charge is 2.22. The van der Waals surface area contributed by atoms with E-state index in [0.717, 1.165) is 5.56 Å². The van der Waals surface area contributed by atoms with E-state index in [4.69, 9.17) is 5.73 Å². The minimum absolute atomic E-state index is 0.0151. The highest BCUT2D eigenvalue weighted by molar-refractivity contribution is 7.89. The molecule has 8 heteroatoms. The topological polar surface area (TPSA) is 115 Å². The Kier molecular flexibility index (Phi) is 5.66. The molecule has 0 fully saturated rings. The Hall–Kier alpha value is -2.29. The van der Waals surface area contributed by atoms with Crippen LogP contribution in [0.3, 0.4) is 0 Å². The van der Waals surface area contributed by atoms with Crippen molar-refractivity contribution in [2.24, 2.45) is 5.73 Å². The summed E-state index contributed by atoms with van der Waals surface area (Å²) in [6.45, 7) is 1.89. The predicted octanol–water partition coefficient (Wildman–Crippen LogP) is 2.14. The van der Waals surface area contributed by atoms with Gasteiger partial charge in [0.05, 0.1) is 9.82 Å². The number of nitrogens with zero attached hydrogens (tertiary/aromatic N) is 1. The fourth-order valence-corrected chi connectivity index (χ4v) is 3.69. The van der Waals surface area contributed by atoms with Crippen LogP contribution in [0.1, 0.15) is 24.1 Å². The van der Waals surface area contributed by atoms with Gasteiger partial charge in [-0.2, -0.15) is 0 Å². The first kappa shape index (κ1) is 18.1. The van der Waals surface area contributed by atoms with Gasteiger partial charge in [0.15, 0.2) is 0 Å². The molecule has 1 atom stereocenters. The zero-order valence-electron chi connectivity index (χ0n) is 13.2. The lowest BCUT2D eigenvalue weighted by Crippen LogP contribution is -2.25. The van der Waals surface area contributed by atoms with Crippen molar-refractivity contribution >= 4 is 15.7 Å². The van der Waals surface area contributed by atoms with Gasteiger partial charge < -0.3 is 5.73 Å². The summed E-state index contributed by atoms with van der Waals surface area (Å²) in [5.74, 6) is 0. The van der Waals surface area contributed by atoms with E-state index in [-0.39, 0.29) is 23.5 Å². The second-order valence-electron chi connectivity index (χ2n) is 5.27. The van der Waals surface area contributed by atoms with Crippen molar-refractivity contribution in [1.82, 2.24) is 4.72 Å². The van der Waals surface area contributed by atoms with Crippen LogP contribution in [0.4, 0.5) is 5.69 Å². The summed E-state index contributed by atoms with van der Waals surface area (Å²) < 4.78 is 27.1. The molecular weight excluding hydrogens is 330 g/mol. The standard InChI is InChI=1S/C16H19N3O4S/c1-2-18-24(22,23)16-9-8-14(19(20)21)10-13(16)11-15(17)12-6-4-3-5-7-12/h3-10,15,18H,2,11,17H2,1H3/t15-/m0/s1. The number of nitro groups is 1. The lowest BCUT2D eigenvalue weighted by molar-refractivity contribution is -0.385. The fourth-order valence-electron chi connectivity index (χ4n) is 2.42. The van der Waals surface area contributed by atoms with Crippen molar-refractivity contribution in [2.75, 3.05) is 6.54 Å². The van der Waals surface area contributed by atoms with Crippen molar-refractivity contribution < 1.29 is 13.3 Å². The molecule has 24 heavy (non-hydrogen) atoms. The summed E-state index contributed by atoms with van der Waals surface area (Å²) in [5.41, 5.74) is 7.14. The number of nitro benzene ring substituents is 1. The van der Waals surface area contributed by atoms with E-state index in [2.05, 4.69) is 4.72 Å². The summed E-state index contributed by atoms with van der Waals surface area (Å²) in [5, 5.41) is 11.0. The maximum Gasteiger partial charge on any atom is 0.269 e. The van der Waals surface area contributed by atoms with Crippen LogP contribution in [0.15, 0.2) is 53.4 Å². The minimum Gasteiger partial charge on any atom is -0.324 e. The molecule has 0 unspecified atom stereocenters. The maximum absolute atomic E-state index is 12.3. The van der Waals surface area contributed by atoms with Crippen molar-refractivity contribution in [2.45, 2.75) is 24.3 Å². The Morgan fingerprint density at radius 1 is 1.21 bits per heavy atom. The van der Waals surface area contributed by atoms with Crippen molar-refractivity contribution in [3.05, 3.63) is 69.8 Å². The molecule has 128 valence electrons. The highest BCUT2D eigenvalue weighted by Crippen LogP contribution is 2.26. The number of hydrogen-bond acceptors (Lipinski definition) is 5. The minimum atomic E-state index is -3.74. The molecule has 0 heterocycles. The molecule has 0 amide bonds. The van der Waals surface area contributed by atoms with E-state index < -0.39 is 21.0 Å². The smallest absolute Gasteiger partial charge is 0.269 e. The van der Waals surface area contributed by atoms with E-state index in [1.807, 2.05) is 30.3 Å². The van der Waals surface area contributed by atoms with E-state index in [1.165, 1.54) is 18.2 Å². The summed E-state index contributed by atoms with van der Waals surface area (Å²) in [6.07, 6.45) is 0.172. The van der Waals surface area contributed by atoms with Gasteiger partial charge in [0.25, 0.3) is 5.69 Å².